The van der Waals surface area contributed by atoms with Crippen LogP contribution in [0.25, 0.3) is 11.0 Å². The van der Waals surface area contributed by atoms with Crippen molar-refractivity contribution in [2.75, 3.05) is 5.32 Å². The van der Waals surface area contributed by atoms with Gasteiger partial charge in [-0.2, -0.15) is 4.98 Å². The van der Waals surface area contributed by atoms with Gasteiger partial charge in [0, 0.05) is 19.3 Å². The molecule has 2 heterocycles. The first kappa shape index (κ1) is 10.2. The van der Waals surface area contributed by atoms with Gasteiger partial charge in [0.15, 0.2) is 0 Å². The molecule has 1 N–H and O–H groups in total. The van der Waals surface area contributed by atoms with Crippen molar-refractivity contribution in [3.8, 4) is 0 Å². The van der Waals surface area contributed by atoms with E-state index in [1.54, 1.807) is 0 Å². The van der Waals surface area contributed by atoms with Gasteiger partial charge in [0.1, 0.15) is 10.8 Å². The number of aryl methyl sites for hydroxylation is 1. The summed E-state index contributed by atoms with van der Waals surface area (Å²) >= 11 is 6.05. The molecule has 0 aromatic carbocycles. The Morgan fingerprint density at radius 3 is 2.80 bits per heavy atom. The van der Waals surface area contributed by atoms with E-state index in [-0.39, 0.29) is 0 Å². The number of hydrogen-bond acceptors (Lipinski definition) is 3. The standard InChI is InChI=1S/C10H13ClN4/c1-6(2)12-10-13-8(11)7-4-5-15(3)9(7)14-10/h4-6H,1-3H3,(H,12,13,14). The minimum Gasteiger partial charge on any atom is -0.352 e. The van der Waals surface area contributed by atoms with Gasteiger partial charge in [-0.1, -0.05) is 11.6 Å². The molecule has 2 rings (SSSR count). The van der Waals surface area contributed by atoms with Crippen LogP contribution >= 0.6 is 11.6 Å². The molecule has 2 aromatic rings. The number of nitrogens with zero attached hydrogens (tertiary/aromatic N) is 3. The minimum atomic E-state index is 0.291. The average Bonchev–Trinajstić information content (AvgIpc) is 2.47. The summed E-state index contributed by atoms with van der Waals surface area (Å²) in [4.78, 5) is 8.58. The maximum Gasteiger partial charge on any atom is 0.226 e. The van der Waals surface area contributed by atoms with Crippen molar-refractivity contribution in [1.82, 2.24) is 14.5 Å². The summed E-state index contributed by atoms with van der Waals surface area (Å²) in [6, 6.07) is 2.20. The summed E-state index contributed by atoms with van der Waals surface area (Å²) in [5.41, 5.74) is 0.846. The first-order valence-corrected chi connectivity index (χ1v) is 5.21. The molecule has 0 aliphatic carbocycles. The molecule has 0 saturated carbocycles. The van der Waals surface area contributed by atoms with E-state index in [1.807, 2.05) is 37.7 Å². The lowest BCUT2D eigenvalue weighted by atomic mass is 10.4. The average molecular weight is 225 g/mol. The van der Waals surface area contributed by atoms with E-state index in [0.717, 1.165) is 11.0 Å². The van der Waals surface area contributed by atoms with E-state index >= 15 is 0 Å². The van der Waals surface area contributed by atoms with Crippen molar-refractivity contribution in [3.63, 3.8) is 0 Å². The van der Waals surface area contributed by atoms with Crippen molar-refractivity contribution in [2.45, 2.75) is 19.9 Å². The summed E-state index contributed by atoms with van der Waals surface area (Å²) in [6.45, 7) is 4.07. The first-order chi connectivity index (χ1) is 7.08. The van der Waals surface area contributed by atoms with Crippen LogP contribution in [0.4, 0.5) is 5.95 Å². The number of anilines is 1. The van der Waals surface area contributed by atoms with E-state index in [4.69, 9.17) is 11.6 Å². The van der Waals surface area contributed by atoms with Crippen molar-refractivity contribution in [1.29, 1.82) is 0 Å². The molecular formula is C10H13ClN4. The maximum absolute atomic E-state index is 6.05. The Bertz CT molecular complexity index is 489. The largest absolute Gasteiger partial charge is 0.352 e. The van der Waals surface area contributed by atoms with Gasteiger partial charge in [-0.05, 0) is 19.9 Å². The molecular weight excluding hydrogens is 212 g/mol. The third-order valence-corrected chi connectivity index (χ3v) is 2.38. The minimum absolute atomic E-state index is 0.291. The third kappa shape index (κ3) is 1.90. The zero-order chi connectivity index (χ0) is 11.0. The Labute approximate surface area is 93.3 Å². The second-order valence-electron chi connectivity index (χ2n) is 3.80. The van der Waals surface area contributed by atoms with Gasteiger partial charge in [-0.15, -0.1) is 0 Å². The first-order valence-electron chi connectivity index (χ1n) is 4.83. The lowest BCUT2D eigenvalue weighted by molar-refractivity contribution is 0.871. The van der Waals surface area contributed by atoms with Gasteiger partial charge in [0.2, 0.25) is 5.95 Å². The molecule has 0 aliphatic heterocycles. The van der Waals surface area contributed by atoms with Crippen molar-refractivity contribution >= 4 is 28.6 Å². The summed E-state index contributed by atoms with van der Waals surface area (Å²) in [6.07, 6.45) is 1.92. The summed E-state index contributed by atoms with van der Waals surface area (Å²) < 4.78 is 1.92. The number of rotatable bonds is 2. The smallest absolute Gasteiger partial charge is 0.226 e. The lowest BCUT2D eigenvalue weighted by Gasteiger charge is -2.08. The summed E-state index contributed by atoms with van der Waals surface area (Å²) in [5, 5.41) is 4.51. The number of hydrogen-bond donors (Lipinski definition) is 1. The molecule has 0 atom stereocenters. The lowest BCUT2D eigenvalue weighted by Crippen LogP contribution is -2.12. The van der Waals surface area contributed by atoms with Crippen molar-refractivity contribution in [2.24, 2.45) is 7.05 Å². The molecule has 0 unspecified atom stereocenters. The highest BCUT2D eigenvalue weighted by atomic mass is 35.5. The van der Waals surface area contributed by atoms with Gasteiger partial charge in [-0.3, -0.25) is 0 Å². The predicted molar refractivity (Wildman–Crippen MR) is 62.3 cm³/mol. The van der Waals surface area contributed by atoms with Gasteiger partial charge in [0.25, 0.3) is 0 Å². The Kier molecular flexibility index (Phi) is 2.52. The molecule has 80 valence electrons. The molecule has 0 spiro atoms. The summed E-state index contributed by atoms with van der Waals surface area (Å²) in [7, 11) is 1.94. The molecule has 0 saturated heterocycles. The van der Waals surface area contributed by atoms with Gasteiger partial charge < -0.3 is 9.88 Å². The van der Waals surface area contributed by atoms with Gasteiger partial charge in [0.05, 0.1) is 5.39 Å². The van der Waals surface area contributed by atoms with Crippen LogP contribution in [0.1, 0.15) is 13.8 Å². The SMILES string of the molecule is CC(C)Nc1nc(Cl)c2ccn(C)c2n1. The van der Waals surface area contributed by atoms with Gasteiger partial charge in [-0.25, -0.2) is 4.98 Å². The molecule has 15 heavy (non-hydrogen) atoms. The molecule has 0 amide bonds. The molecule has 2 aromatic heterocycles. The zero-order valence-corrected chi connectivity index (χ0v) is 9.71. The third-order valence-electron chi connectivity index (χ3n) is 2.10. The van der Waals surface area contributed by atoms with Crippen LogP contribution in [-0.4, -0.2) is 20.6 Å². The van der Waals surface area contributed by atoms with Crippen LogP contribution in [0.2, 0.25) is 5.15 Å². The quantitative estimate of drug-likeness (QED) is 0.797. The fourth-order valence-electron chi connectivity index (χ4n) is 1.42. The number of fused-ring (bicyclic) bond motifs is 1. The molecule has 4 nitrogen and oxygen atoms in total. The maximum atomic E-state index is 6.05. The van der Waals surface area contributed by atoms with Crippen LogP contribution in [-0.2, 0) is 7.05 Å². The van der Waals surface area contributed by atoms with E-state index in [2.05, 4.69) is 15.3 Å². The van der Waals surface area contributed by atoms with Crippen molar-refractivity contribution < 1.29 is 0 Å². The van der Waals surface area contributed by atoms with E-state index < -0.39 is 0 Å². The van der Waals surface area contributed by atoms with Crippen LogP contribution in [0.3, 0.4) is 0 Å². The Morgan fingerprint density at radius 1 is 1.40 bits per heavy atom. The van der Waals surface area contributed by atoms with Crippen LogP contribution in [0.5, 0.6) is 0 Å². The molecule has 0 fully saturated rings. The second-order valence-corrected chi connectivity index (χ2v) is 4.16. The highest BCUT2D eigenvalue weighted by molar-refractivity contribution is 6.34. The predicted octanol–water partition coefficient (Wildman–Crippen LogP) is 2.44. The normalized spacial score (nSPS) is 11.3. The van der Waals surface area contributed by atoms with Crippen LogP contribution in [0, 0.1) is 0 Å². The fraction of sp³-hybridized carbons (Fsp3) is 0.400. The Morgan fingerprint density at radius 2 is 2.13 bits per heavy atom. The second kappa shape index (κ2) is 3.70. The fourth-order valence-corrected chi connectivity index (χ4v) is 1.65. The van der Waals surface area contributed by atoms with Gasteiger partial charge >= 0.3 is 0 Å². The molecule has 0 radical (unpaired) electrons. The van der Waals surface area contributed by atoms with E-state index in [9.17, 15) is 0 Å². The molecule has 0 aliphatic rings. The topological polar surface area (TPSA) is 42.7 Å². The molecule has 5 heteroatoms. The van der Waals surface area contributed by atoms with Crippen LogP contribution in [0.15, 0.2) is 12.3 Å². The van der Waals surface area contributed by atoms with Crippen LogP contribution < -0.4 is 5.32 Å². The number of aromatic nitrogens is 3. The monoisotopic (exact) mass is 224 g/mol. The zero-order valence-electron chi connectivity index (χ0n) is 8.95. The number of halogens is 1. The highest BCUT2D eigenvalue weighted by Gasteiger charge is 2.08. The Hall–Kier alpha value is -1.29. The van der Waals surface area contributed by atoms with E-state index in [1.165, 1.54) is 0 Å². The Balaban J connectivity index is 2.55. The number of nitrogens with one attached hydrogen (secondary N) is 1. The summed E-state index contributed by atoms with van der Waals surface area (Å²) in [5.74, 6) is 0.573. The highest BCUT2D eigenvalue weighted by Crippen LogP contribution is 2.22. The van der Waals surface area contributed by atoms with Crippen molar-refractivity contribution in [3.05, 3.63) is 17.4 Å². The van der Waals surface area contributed by atoms with E-state index in [0.29, 0.717) is 17.1 Å². The molecule has 0 bridgehead atoms.